The fraction of sp³-hybridized carbons (Fsp3) is 0.444. The van der Waals surface area contributed by atoms with Crippen molar-refractivity contribution in [2.24, 2.45) is 5.92 Å². The van der Waals surface area contributed by atoms with Crippen molar-refractivity contribution < 1.29 is 4.79 Å². The summed E-state index contributed by atoms with van der Waals surface area (Å²) in [5, 5.41) is 0.560. The number of hydrogen-bond donors (Lipinski definition) is 1. The van der Waals surface area contributed by atoms with Crippen LogP contribution in [-0.2, 0) is 0 Å². The van der Waals surface area contributed by atoms with Gasteiger partial charge < -0.3 is 9.88 Å². The molecule has 1 saturated carbocycles. The predicted molar refractivity (Wildman–Crippen MR) is 93.7 cm³/mol. The molecule has 2 aromatic rings. The summed E-state index contributed by atoms with van der Waals surface area (Å²) in [5.74, 6) is 0.518. The number of carbonyl (C=O) groups is 1. The zero-order valence-corrected chi connectivity index (χ0v) is 14.4. The van der Waals surface area contributed by atoms with Crippen LogP contribution in [0.25, 0.3) is 10.9 Å². The number of hydrogen-bond acceptors (Lipinski definition) is 2. The van der Waals surface area contributed by atoms with Gasteiger partial charge in [-0.1, -0.05) is 28.8 Å². The first-order chi connectivity index (χ1) is 11.1. The molecule has 2 aliphatic rings. The van der Waals surface area contributed by atoms with E-state index in [1.165, 1.54) is 19.3 Å². The highest BCUT2D eigenvalue weighted by Crippen LogP contribution is 2.36. The zero-order valence-electron chi connectivity index (χ0n) is 12.8. The minimum atomic E-state index is -0.177. The molecule has 4 rings (SSSR count). The molecule has 2 atom stereocenters. The summed E-state index contributed by atoms with van der Waals surface area (Å²) >= 11 is 3.39. The number of likely N-dealkylation sites (tertiary alicyclic amines) is 1. The average molecular weight is 375 g/mol. The van der Waals surface area contributed by atoms with Crippen LogP contribution in [-0.4, -0.2) is 28.4 Å². The third-order valence-corrected chi connectivity index (χ3v) is 5.84. The van der Waals surface area contributed by atoms with Crippen LogP contribution in [0, 0.1) is 5.92 Å². The van der Waals surface area contributed by atoms with E-state index in [2.05, 4.69) is 20.9 Å². The Hall–Kier alpha value is -1.62. The van der Waals surface area contributed by atoms with Crippen molar-refractivity contribution in [3.8, 4) is 0 Å². The predicted octanol–water partition coefficient (Wildman–Crippen LogP) is 3.70. The largest absolute Gasteiger partial charge is 0.360 e. The van der Waals surface area contributed by atoms with Gasteiger partial charge in [0.25, 0.3) is 5.91 Å². The summed E-state index contributed by atoms with van der Waals surface area (Å²) in [6, 6.07) is 5.83. The normalized spacial score (nSPS) is 24.0. The maximum absolute atomic E-state index is 12.9. The summed E-state index contributed by atoms with van der Waals surface area (Å²) in [4.78, 5) is 30.7. The first kappa shape index (κ1) is 14.9. The van der Waals surface area contributed by atoms with Crippen LogP contribution in [0.1, 0.15) is 42.5 Å². The van der Waals surface area contributed by atoms with Crippen molar-refractivity contribution in [3.63, 3.8) is 0 Å². The molecule has 0 spiro atoms. The molecule has 5 heteroatoms. The monoisotopic (exact) mass is 374 g/mol. The zero-order chi connectivity index (χ0) is 16.0. The lowest BCUT2D eigenvalue weighted by atomic mass is 9.85. The number of nitrogens with one attached hydrogen (secondary N) is 1. The van der Waals surface area contributed by atoms with Crippen LogP contribution in [0.4, 0.5) is 0 Å². The average Bonchev–Trinajstić information content (AvgIpc) is 2.99. The lowest BCUT2D eigenvalue weighted by Crippen LogP contribution is -2.41. The standard InChI is InChI=1S/C18H19BrN2O2/c19-12-5-6-15-13(9-12)17(22)14(10-20-15)18(23)21-8-7-11-3-1-2-4-16(11)21/h5-6,9-11,16H,1-4,7-8H2,(H,20,22)/t11-,16+/m1/s1. The summed E-state index contributed by atoms with van der Waals surface area (Å²) in [7, 11) is 0. The molecule has 1 aromatic carbocycles. The molecular weight excluding hydrogens is 356 g/mol. The highest BCUT2D eigenvalue weighted by molar-refractivity contribution is 9.10. The fourth-order valence-corrected chi connectivity index (χ4v) is 4.52. The van der Waals surface area contributed by atoms with Gasteiger partial charge in [-0.25, -0.2) is 0 Å². The van der Waals surface area contributed by atoms with Crippen molar-refractivity contribution in [2.45, 2.75) is 38.1 Å². The van der Waals surface area contributed by atoms with Crippen molar-refractivity contribution in [3.05, 3.63) is 44.7 Å². The van der Waals surface area contributed by atoms with Gasteiger partial charge in [0.1, 0.15) is 5.56 Å². The Bertz CT molecular complexity index is 829. The minimum absolute atomic E-state index is 0.109. The Morgan fingerprint density at radius 2 is 2.04 bits per heavy atom. The molecule has 1 N–H and O–H groups in total. The smallest absolute Gasteiger partial charge is 0.259 e. The number of carbonyl (C=O) groups excluding carboxylic acids is 1. The number of halogens is 1. The molecule has 0 bridgehead atoms. The van der Waals surface area contributed by atoms with E-state index in [1.807, 2.05) is 17.0 Å². The van der Waals surface area contributed by atoms with E-state index in [-0.39, 0.29) is 16.9 Å². The van der Waals surface area contributed by atoms with E-state index in [0.29, 0.717) is 17.3 Å². The first-order valence-corrected chi connectivity index (χ1v) is 9.06. The Labute approximate surface area is 143 Å². The van der Waals surface area contributed by atoms with Gasteiger partial charge in [-0.15, -0.1) is 0 Å². The SMILES string of the molecule is O=C(c1c[nH]c2ccc(Br)cc2c1=O)N1CC[C@H]2CCCC[C@@H]21. The van der Waals surface area contributed by atoms with E-state index in [9.17, 15) is 9.59 Å². The van der Waals surface area contributed by atoms with Crippen molar-refractivity contribution >= 4 is 32.7 Å². The number of aromatic amines is 1. The van der Waals surface area contributed by atoms with E-state index in [1.54, 1.807) is 12.3 Å². The molecule has 120 valence electrons. The van der Waals surface area contributed by atoms with E-state index in [0.717, 1.165) is 29.4 Å². The second-order valence-electron chi connectivity index (χ2n) is 6.62. The van der Waals surface area contributed by atoms with Crippen LogP contribution in [0.5, 0.6) is 0 Å². The molecule has 1 amide bonds. The van der Waals surface area contributed by atoms with Gasteiger partial charge in [0.05, 0.1) is 0 Å². The van der Waals surface area contributed by atoms with Crippen molar-refractivity contribution in [2.75, 3.05) is 6.54 Å². The molecule has 23 heavy (non-hydrogen) atoms. The van der Waals surface area contributed by atoms with E-state index >= 15 is 0 Å². The number of benzene rings is 1. The first-order valence-electron chi connectivity index (χ1n) is 8.27. The van der Waals surface area contributed by atoms with Crippen LogP contribution in [0.3, 0.4) is 0 Å². The van der Waals surface area contributed by atoms with Gasteiger partial charge in [-0.05, 0) is 43.4 Å². The van der Waals surface area contributed by atoms with Gasteiger partial charge in [0.2, 0.25) is 5.43 Å². The van der Waals surface area contributed by atoms with Crippen molar-refractivity contribution in [1.29, 1.82) is 0 Å². The van der Waals surface area contributed by atoms with Gasteiger partial charge in [-0.3, -0.25) is 9.59 Å². The molecule has 0 unspecified atom stereocenters. The maximum Gasteiger partial charge on any atom is 0.259 e. The molecular formula is C18H19BrN2O2. The van der Waals surface area contributed by atoms with Crippen molar-refractivity contribution in [1.82, 2.24) is 9.88 Å². The molecule has 1 saturated heterocycles. The number of H-pyrrole nitrogens is 1. The second-order valence-corrected chi connectivity index (χ2v) is 7.54. The Kier molecular flexibility index (Phi) is 3.76. The molecule has 2 heterocycles. The molecule has 2 fully saturated rings. The Balaban J connectivity index is 1.72. The van der Waals surface area contributed by atoms with Crippen LogP contribution >= 0.6 is 15.9 Å². The summed E-state index contributed by atoms with van der Waals surface area (Å²) < 4.78 is 0.841. The third-order valence-electron chi connectivity index (χ3n) is 5.34. The summed E-state index contributed by atoms with van der Waals surface area (Å²) in [6.07, 6.45) is 7.41. The highest BCUT2D eigenvalue weighted by Gasteiger charge is 2.39. The lowest BCUT2D eigenvalue weighted by molar-refractivity contribution is 0.0688. The number of rotatable bonds is 1. The maximum atomic E-state index is 12.9. The van der Waals surface area contributed by atoms with Gasteiger partial charge >= 0.3 is 0 Å². The Morgan fingerprint density at radius 1 is 1.22 bits per heavy atom. The number of fused-ring (bicyclic) bond motifs is 2. The third kappa shape index (κ3) is 2.51. The lowest BCUT2D eigenvalue weighted by Gasteiger charge is -2.31. The van der Waals surface area contributed by atoms with Gasteiger partial charge in [0, 0.05) is 34.2 Å². The van der Waals surface area contributed by atoms with Crippen LogP contribution in [0.15, 0.2) is 33.7 Å². The topological polar surface area (TPSA) is 53.2 Å². The van der Waals surface area contributed by atoms with Crippen LogP contribution in [0.2, 0.25) is 0 Å². The molecule has 1 aliphatic carbocycles. The van der Waals surface area contributed by atoms with E-state index in [4.69, 9.17) is 0 Å². The van der Waals surface area contributed by atoms with Crippen LogP contribution < -0.4 is 5.43 Å². The Morgan fingerprint density at radius 3 is 2.91 bits per heavy atom. The van der Waals surface area contributed by atoms with Gasteiger partial charge in [0.15, 0.2) is 0 Å². The number of aromatic nitrogens is 1. The van der Waals surface area contributed by atoms with E-state index < -0.39 is 0 Å². The number of pyridine rings is 1. The summed E-state index contributed by atoms with van der Waals surface area (Å²) in [5.41, 5.74) is 0.845. The highest BCUT2D eigenvalue weighted by atomic mass is 79.9. The second kappa shape index (κ2) is 5.78. The van der Waals surface area contributed by atoms with Gasteiger partial charge in [-0.2, -0.15) is 0 Å². The quantitative estimate of drug-likeness (QED) is 0.827. The fourth-order valence-electron chi connectivity index (χ4n) is 4.16. The molecule has 1 aromatic heterocycles. The molecule has 4 nitrogen and oxygen atoms in total. The number of amides is 1. The number of nitrogens with zero attached hydrogens (tertiary/aromatic N) is 1. The minimum Gasteiger partial charge on any atom is -0.360 e. The molecule has 1 aliphatic heterocycles. The molecule has 0 radical (unpaired) electrons. The summed E-state index contributed by atoms with van der Waals surface area (Å²) in [6.45, 7) is 0.782.